The Morgan fingerprint density at radius 3 is 2.40 bits per heavy atom. The first-order chi connectivity index (χ1) is 9.74. The van der Waals surface area contributed by atoms with Gasteiger partial charge in [-0.05, 0) is 36.4 Å². The van der Waals surface area contributed by atoms with Crippen LogP contribution in [0.4, 0.5) is 11.4 Å². The topological polar surface area (TPSA) is 65.3 Å². The average Bonchev–Trinajstić information content (AvgIpc) is 2.84. The number of rotatable bonds is 2. The van der Waals surface area contributed by atoms with Crippen molar-refractivity contribution < 1.29 is 9.90 Å². The Labute approximate surface area is 115 Å². The number of phenols is 1. The Bertz CT molecular complexity index is 691. The van der Waals surface area contributed by atoms with Gasteiger partial charge >= 0.3 is 0 Å². The van der Waals surface area contributed by atoms with Crippen LogP contribution in [0.25, 0.3) is 0 Å². The maximum absolute atomic E-state index is 12.2. The van der Waals surface area contributed by atoms with Crippen LogP contribution in [0.5, 0.6) is 5.75 Å². The van der Waals surface area contributed by atoms with E-state index in [1.807, 2.05) is 18.2 Å². The molecule has 0 aromatic heterocycles. The van der Waals surface area contributed by atoms with Gasteiger partial charge < -0.3 is 5.11 Å². The molecule has 1 heterocycles. The zero-order valence-electron chi connectivity index (χ0n) is 10.5. The van der Waals surface area contributed by atoms with Gasteiger partial charge in [0.1, 0.15) is 5.75 Å². The fourth-order valence-corrected chi connectivity index (χ4v) is 1.82. The van der Waals surface area contributed by atoms with Gasteiger partial charge in [-0.15, -0.1) is 0 Å². The summed E-state index contributed by atoms with van der Waals surface area (Å²) in [6.45, 7) is 0. The minimum atomic E-state index is -0.274. The van der Waals surface area contributed by atoms with E-state index in [9.17, 15) is 9.90 Å². The quantitative estimate of drug-likeness (QED) is 0.906. The number of phenolic OH excluding ortho intramolecular Hbond substituents is 1. The summed E-state index contributed by atoms with van der Waals surface area (Å²) in [5.74, 6) is -0.115. The number of carbonyl (C=O) groups excluding carboxylic acids is 1. The molecule has 0 fully saturated rings. The third-order valence-corrected chi connectivity index (χ3v) is 2.81. The molecule has 5 nitrogen and oxygen atoms in total. The average molecular weight is 265 g/mol. The second kappa shape index (κ2) is 4.97. The lowest BCUT2D eigenvalue weighted by Gasteiger charge is -2.10. The van der Waals surface area contributed by atoms with Crippen molar-refractivity contribution in [3.8, 4) is 5.75 Å². The Balaban J connectivity index is 1.86. The standard InChI is InChI=1S/C15H11N3O2/c19-13-8-6-11(7-9-13)17-14-10-16-18(15(14)20)12-4-2-1-3-5-12/h1-10,19H. The van der Waals surface area contributed by atoms with Crippen molar-refractivity contribution in [2.24, 2.45) is 10.1 Å². The normalized spacial score (nSPS) is 16.1. The summed E-state index contributed by atoms with van der Waals surface area (Å²) >= 11 is 0. The number of hydrazone groups is 1. The third kappa shape index (κ3) is 2.29. The molecular weight excluding hydrogens is 254 g/mol. The number of nitrogens with zero attached hydrogens (tertiary/aromatic N) is 3. The summed E-state index contributed by atoms with van der Waals surface area (Å²) in [4.78, 5) is 16.4. The second-order valence-electron chi connectivity index (χ2n) is 4.21. The van der Waals surface area contributed by atoms with Crippen molar-refractivity contribution in [2.75, 3.05) is 5.01 Å². The first-order valence-corrected chi connectivity index (χ1v) is 6.05. The number of hydrogen-bond donors (Lipinski definition) is 1. The van der Waals surface area contributed by atoms with Gasteiger partial charge in [-0.25, -0.2) is 4.99 Å². The highest BCUT2D eigenvalue weighted by Gasteiger charge is 2.25. The van der Waals surface area contributed by atoms with Gasteiger partial charge in [-0.1, -0.05) is 18.2 Å². The van der Waals surface area contributed by atoms with E-state index in [4.69, 9.17) is 0 Å². The van der Waals surface area contributed by atoms with Gasteiger partial charge in [-0.3, -0.25) is 4.79 Å². The van der Waals surface area contributed by atoms with Gasteiger partial charge in [-0.2, -0.15) is 10.1 Å². The Kier molecular flexibility index (Phi) is 3.01. The molecule has 1 aliphatic rings. The van der Waals surface area contributed by atoms with E-state index in [2.05, 4.69) is 10.1 Å². The molecule has 0 saturated heterocycles. The minimum absolute atomic E-state index is 0.159. The van der Waals surface area contributed by atoms with Gasteiger partial charge in [0, 0.05) is 0 Å². The molecule has 1 aliphatic heterocycles. The molecule has 0 unspecified atom stereocenters. The lowest BCUT2D eigenvalue weighted by molar-refractivity contribution is -0.112. The summed E-state index contributed by atoms with van der Waals surface area (Å²) in [5.41, 5.74) is 1.55. The number of benzene rings is 2. The molecule has 0 aliphatic carbocycles. The molecule has 0 atom stereocenters. The number of aliphatic imine (C=N–C) groups is 1. The fourth-order valence-electron chi connectivity index (χ4n) is 1.82. The number of aromatic hydroxyl groups is 1. The molecule has 1 amide bonds. The summed E-state index contributed by atoms with van der Waals surface area (Å²) in [6.07, 6.45) is 1.43. The minimum Gasteiger partial charge on any atom is -0.508 e. The predicted molar refractivity (Wildman–Crippen MR) is 77.6 cm³/mol. The van der Waals surface area contributed by atoms with E-state index in [-0.39, 0.29) is 17.4 Å². The van der Waals surface area contributed by atoms with Crippen LogP contribution in [0.3, 0.4) is 0 Å². The van der Waals surface area contributed by atoms with E-state index in [0.29, 0.717) is 11.4 Å². The fraction of sp³-hybridized carbons (Fsp3) is 0. The Morgan fingerprint density at radius 1 is 1.00 bits per heavy atom. The molecule has 3 rings (SSSR count). The number of carbonyl (C=O) groups is 1. The molecule has 1 N–H and O–H groups in total. The van der Waals surface area contributed by atoms with Gasteiger partial charge in [0.25, 0.3) is 5.91 Å². The SMILES string of the molecule is O=C1C(=Nc2ccc(O)cc2)C=NN1c1ccccc1. The van der Waals surface area contributed by atoms with E-state index in [0.717, 1.165) is 0 Å². The monoisotopic (exact) mass is 265 g/mol. The molecule has 0 bridgehead atoms. The molecule has 2 aromatic rings. The zero-order chi connectivity index (χ0) is 13.9. The Hall–Kier alpha value is -2.95. The number of hydrogen-bond acceptors (Lipinski definition) is 4. The van der Waals surface area contributed by atoms with E-state index >= 15 is 0 Å². The van der Waals surface area contributed by atoms with Crippen LogP contribution in [-0.4, -0.2) is 22.9 Å². The van der Waals surface area contributed by atoms with Gasteiger partial charge in [0.15, 0.2) is 5.71 Å². The van der Waals surface area contributed by atoms with Crippen molar-refractivity contribution in [2.45, 2.75) is 0 Å². The van der Waals surface area contributed by atoms with E-state index < -0.39 is 0 Å². The molecule has 0 saturated carbocycles. The highest BCUT2D eigenvalue weighted by Crippen LogP contribution is 2.20. The lowest BCUT2D eigenvalue weighted by Crippen LogP contribution is -2.25. The molecule has 5 heteroatoms. The summed E-state index contributed by atoms with van der Waals surface area (Å²) < 4.78 is 0. The van der Waals surface area contributed by atoms with Crippen LogP contribution in [0.1, 0.15) is 0 Å². The van der Waals surface area contributed by atoms with Crippen molar-refractivity contribution >= 4 is 29.2 Å². The first kappa shape index (κ1) is 12.1. The zero-order valence-corrected chi connectivity index (χ0v) is 10.5. The van der Waals surface area contributed by atoms with Crippen molar-refractivity contribution in [1.82, 2.24) is 0 Å². The van der Waals surface area contributed by atoms with Gasteiger partial charge in [0.2, 0.25) is 0 Å². The number of para-hydroxylation sites is 1. The van der Waals surface area contributed by atoms with Gasteiger partial charge in [0.05, 0.1) is 17.6 Å². The number of anilines is 1. The molecule has 2 aromatic carbocycles. The van der Waals surface area contributed by atoms with Crippen molar-refractivity contribution in [1.29, 1.82) is 0 Å². The number of amides is 1. The molecule has 20 heavy (non-hydrogen) atoms. The van der Waals surface area contributed by atoms with Crippen LogP contribution in [0, 0.1) is 0 Å². The summed E-state index contributed by atoms with van der Waals surface area (Å²) in [6, 6.07) is 15.5. The molecule has 98 valence electrons. The van der Waals surface area contributed by atoms with Crippen LogP contribution < -0.4 is 5.01 Å². The van der Waals surface area contributed by atoms with E-state index in [1.54, 1.807) is 24.3 Å². The van der Waals surface area contributed by atoms with E-state index in [1.165, 1.54) is 23.4 Å². The maximum atomic E-state index is 12.2. The molecule has 0 radical (unpaired) electrons. The lowest BCUT2D eigenvalue weighted by atomic mass is 10.3. The third-order valence-electron chi connectivity index (χ3n) is 2.81. The summed E-state index contributed by atoms with van der Waals surface area (Å²) in [5, 5.41) is 14.6. The van der Waals surface area contributed by atoms with Crippen LogP contribution >= 0.6 is 0 Å². The predicted octanol–water partition coefficient (Wildman–Crippen LogP) is 2.50. The van der Waals surface area contributed by atoms with Crippen molar-refractivity contribution in [3.05, 3.63) is 54.6 Å². The van der Waals surface area contributed by atoms with Crippen molar-refractivity contribution in [3.63, 3.8) is 0 Å². The molecular formula is C15H11N3O2. The molecule has 0 spiro atoms. The Morgan fingerprint density at radius 2 is 1.70 bits per heavy atom. The maximum Gasteiger partial charge on any atom is 0.298 e. The highest BCUT2D eigenvalue weighted by molar-refractivity contribution is 6.66. The summed E-state index contributed by atoms with van der Waals surface area (Å²) in [7, 11) is 0. The first-order valence-electron chi connectivity index (χ1n) is 6.05. The van der Waals surface area contributed by atoms with Crippen LogP contribution in [-0.2, 0) is 4.79 Å². The largest absolute Gasteiger partial charge is 0.508 e. The second-order valence-corrected chi connectivity index (χ2v) is 4.21. The van der Waals surface area contributed by atoms with Crippen LogP contribution in [0.15, 0.2) is 64.7 Å². The highest BCUT2D eigenvalue weighted by atomic mass is 16.3. The smallest absolute Gasteiger partial charge is 0.298 e. The van der Waals surface area contributed by atoms with Crippen LogP contribution in [0.2, 0.25) is 0 Å².